The van der Waals surface area contributed by atoms with E-state index in [1.165, 1.54) is 6.07 Å². The fourth-order valence-electron chi connectivity index (χ4n) is 2.59. The number of hydrogen-bond acceptors (Lipinski definition) is 5. The number of aromatic amines is 1. The van der Waals surface area contributed by atoms with Gasteiger partial charge in [-0.2, -0.15) is 5.10 Å². The smallest absolute Gasteiger partial charge is 0.293 e. The molecule has 0 unspecified atom stereocenters. The first kappa shape index (κ1) is 14.7. The van der Waals surface area contributed by atoms with Gasteiger partial charge < -0.3 is 10.6 Å². The number of amides is 1. The SMILES string of the molecule is O=C(Nc1cc(C2CC2)[nH]n1)c1ccc(NC2CC2)c([N+](=O)[O-])c1. The fourth-order valence-corrected chi connectivity index (χ4v) is 2.59. The third-order valence-electron chi connectivity index (χ3n) is 4.25. The molecule has 0 atom stereocenters. The first-order valence-corrected chi connectivity index (χ1v) is 8.02. The fraction of sp³-hybridized carbons (Fsp3) is 0.375. The van der Waals surface area contributed by atoms with E-state index in [0.717, 1.165) is 31.4 Å². The van der Waals surface area contributed by atoms with Crippen LogP contribution in [-0.2, 0) is 0 Å². The molecule has 4 rings (SSSR count). The van der Waals surface area contributed by atoms with Crippen molar-refractivity contribution in [1.29, 1.82) is 0 Å². The lowest BCUT2D eigenvalue weighted by Crippen LogP contribution is -2.13. The Balaban J connectivity index is 1.51. The topological polar surface area (TPSA) is 113 Å². The van der Waals surface area contributed by atoms with Crippen LogP contribution in [0.25, 0.3) is 0 Å². The maximum Gasteiger partial charge on any atom is 0.293 e. The van der Waals surface area contributed by atoms with Crippen molar-refractivity contribution < 1.29 is 9.72 Å². The van der Waals surface area contributed by atoms with Gasteiger partial charge in [-0.05, 0) is 37.8 Å². The van der Waals surface area contributed by atoms with Crippen molar-refractivity contribution in [1.82, 2.24) is 10.2 Å². The number of carbonyl (C=O) groups is 1. The number of carbonyl (C=O) groups excluding carboxylic acids is 1. The van der Waals surface area contributed by atoms with Crippen LogP contribution in [-0.4, -0.2) is 27.1 Å². The number of benzene rings is 1. The predicted molar refractivity (Wildman–Crippen MR) is 88.3 cm³/mol. The number of aromatic nitrogens is 2. The van der Waals surface area contributed by atoms with E-state index in [2.05, 4.69) is 20.8 Å². The third kappa shape index (κ3) is 3.08. The Morgan fingerprint density at radius 3 is 2.71 bits per heavy atom. The van der Waals surface area contributed by atoms with E-state index < -0.39 is 10.8 Å². The van der Waals surface area contributed by atoms with Crippen LogP contribution in [0, 0.1) is 10.1 Å². The molecule has 0 aliphatic heterocycles. The van der Waals surface area contributed by atoms with Crippen molar-refractivity contribution in [2.24, 2.45) is 0 Å². The number of anilines is 2. The van der Waals surface area contributed by atoms with Gasteiger partial charge in [-0.1, -0.05) is 0 Å². The van der Waals surface area contributed by atoms with Crippen molar-refractivity contribution in [3.8, 4) is 0 Å². The lowest BCUT2D eigenvalue weighted by Gasteiger charge is -2.07. The molecule has 24 heavy (non-hydrogen) atoms. The molecule has 8 nitrogen and oxygen atoms in total. The summed E-state index contributed by atoms with van der Waals surface area (Å²) < 4.78 is 0. The number of rotatable bonds is 6. The third-order valence-corrected chi connectivity index (χ3v) is 4.25. The van der Waals surface area contributed by atoms with E-state index in [4.69, 9.17) is 0 Å². The lowest BCUT2D eigenvalue weighted by molar-refractivity contribution is -0.384. The molecule has 1 amide bonds. The Morgan fingerprint density at radius 1 is 1.25 bits per heavy atom. The van der Waals surface area contributed by atoms with E-state index >= 15 is 0 Å². The molecule has 2 fully saturated rings. The molecule has 8 heteroatoms. The van der Waals surface area contributed by atoms with Crippen molar-refractivity contribution in [2.45, 2.75) is 37.6 Å². The van der Waals surface area contributed by atoms with Crippen LogP contribution in [0.15, 0.2) is 24.3 Å². The first-order chi connectivity index (χ1) is 11.6. The van der Waals surface area contributed by atoms with Gasteiger partial charge in [0.15, 0.2) is 5.82 Å². The quantitative estimate of drug-likeness (QED) is 0.557. The second kappa shape index (κ2) is 5.63. The summed E-state index contributed by atoms with van der Waals surface area (Å²) in [6, 6.07) is 6.59. The summed E-state index contributed by atoms with van der Waals surface area (Å²) in [6.07, 6.45) is 4.30. The number of H-pyrrole nitrogens is 1. The zero-order chi connectivity index (χ0) is 16.7. The van der Waals surface area contributed by atoms with Crippen molar-refractivity contribution in [2.75, 3.05) is 10.6 Å². The maximum absolute atomic E-state index is 12.3. The van der Waals surface area contributed by atoms with Gasteiger partial charge in [-0.3, -0.25) is 20.0 Å². The average molecular weight is 327 g/mol. The molecule has 2 aliphatic carbocycles. The van der Waals surface area contributed by atoms with Crippen LogP contribution in [0.5, 0.6) is 0 Å². The van der Waals surface area contributed by atoms with Gasteiger partial charge in [0.2, 0.25) is 0 Å². The van der Waals surface area contributed by atoms with Gasteiger partial charge >= 0.3 is 0 Å². The molecule has 1 aromatic heterocycles. The van der Waals surface area contributed by atoms with Gasteiger partial charge in [0.05, 0.1) is 4.92 Å². The molecule has 124 valence electrons. The molecule has 1 aromatic carbocycles. The second-order valence-corrected chi connectivity index (χ2v) is 6.34. The minimum Gasteiger partial charge on any atom is -0.377 e. The molecule has 0 bridgehead atoms. The van der Waals surface area contributed by atoms with Crippen LogP contribution in [0.3, 0.4) is 0 Å². The molecule has 2 aliphatic rings. The molecular formula is C16H17N5O3. The van der Waals surface area contributed by atoms with Crippen molar-refractivity contribution in [3.05, 3.63) is 45.6 Å². The van der Waals surface area contributed by atoms with E-state index in [1.54, 1.807) is 12.1 Å². The highest BCUT2D eigenvalue weighted by Crippen LogP contribution is 2.39. The monoisotopic (exact) mass is 327 g/mol. The Morgan fingerprint density at radius 2 is 2.04 bits per heavy atom. The summed E-state index contributed by atoms with van der Waals surface area (Å²) in [7, 11) is 0. The summed E-state index contributed by atoms with van der Waals surface area (Å²) >= 11 is 0. The Bertz CT molecular complexity index is 808. The van der Waals surface area contributed by atoms with Crippen LogP contribution < -0.4 is 10.6 Å². The molecule has 1 heterocycles. The number of nitro groups is 1. The van der Waals surface area contributed by atoms with E-state index in [0.29, 0.717) is 23.5 Å². The average Bonchev–Trinajstić information content (AvgIpc) is 3.48. The van der Waals surface area contributed by atoms with E-state index in [1.807, 2.05) is 6.07 Å². The normalized spacial score (nSPS) is 16.7. The molecule has 0 spiro atoms. The summed E-state index contributed by atoms with van der Waals surface area (Å²) in [4.78, 5) is 23.1. The van der Waals surface area contributed by atoms with Crippen LogP contribution in [0.4, 0.5) is 17.2 Å². The predicted octanol–water partition coefficient (Wildman–Crippen LogP) is 3.02. The zero-order valence-electron chi connectivity index (χ0n) is 12.9. The second-order valence-electron chi connectivity index (χ2n) is 6.34. The van der Waals surface area contributed by atoms with Crippen molar-refractivity contribution >= 4 is 23.1 Å². The van der Waals surface area contributed by atoms with E-state index in [9.17, 15) is 14.9 Å². The van der Waals surface area contributed by atoms with Gasteiger partial charge in [0, 0.05) is 35.3 Å². The standard InChI is InChI=1S/C16H17N5O3/c22-16(18-15-8-13(19-20-15)9-1-2-9)10-3-6-12(17-11-4-5-11)14(7-10)21(23)24/h3,6-9,11,17H,1-2,4-5H2,(H2,18,19,20,22). The van der Waals surface area contributed by atoms with Crippen LogP contribution in [0.2, 0.25) is 0 Å². The number of nitrogens with one attached hydrogen (secondary N) is 3. The Hall–Kier alpha value is -2.90. The number of nitrogens with zero attached hydrogens (tertiary/aromatic N) is 2. The molecule has 0 radical (unpaired) electrons. The van der Waals surface area contributed by atoms with E-state index in [-0.39, 0.29) is 11.3 Å². The largest absolute Gasteiger partial charge is 0.377 e. The first-order valence-electron chi connectivity index (χ1n) is 8.02. The summed E-state index contributed by atoms with van der Waals surface area (Å²) in [5, 5.41) is 24.0. The summed E-state index contributed by atoms with van der Waals surface area (Å²) in [6.45, 7) is 0. The Labute approximate surface area is 137 Å². The Kier molecular flexibility index (Phi) is 3.44. The highest BCUT2D eigenvalue weighted by molar-refractivity contribution is 6.04. The minimum absolute atomic E-state index is 0.0877. The van der Waals surface area contributed by atoms with Crippen molar-refractivity contribution in [3.63, 3.8) is 0 Å². The molecular weight excluding hydrogens is 310 g/mol. The minimum atomic E-state index is -0.471. The highest BCUT2D eigenvalue weighted by atomic mass is 16.6. The molecule has 0 saturated heterocycles. The molecule has 2 saturated carbocycles. The van der Waals surface area contributed by atoms with Crippen LogP contribution in [0.1, 0.15) is 47.7 Å². The summed E-state index contributed by atoms with van der Waals surface area (Å²) in [5.74, 6) is 0.534. The zero-order valence-corrected chi connectivity index (χ0v) is 12.9. The highest BCUT2D eigenvalue weighted by Gasteiger charge is 2.27. The summed E-state index contributed by atoms with van der Waals surface area (Å²) in [5.41, 5.74) is 1.62. The lowest BCUT2D eigenvalue weighted by atomic mass is 10.1. The number of hydrogen-bond donors (Lipinski definition) is 3. The maximum atomic E-state index is 12.3. The molecule has 2 aromatic rings. The van der Waals surface area contributed by atoms with Gasteiger partial charge in [0.1, 0.15) is 5.69 Å². The van der Waals surface area contributed by atoms with Gasteiger partial charge in [-0.15, -0.1) is 0 Å². The number of nitro benzene ring substituents is 1. The van der Waals surface area contributed by atoms with Gasteiger partial charge in [0.25, 0.3) is 11.6 Å². The molecule has 3 N–H and O–H groups in total. The van der Waals surface area contributed by atoms with Crippen LogP contribution >= 0.6 is 0 Å². The van der Waals surface area contributed by atoms with Gasteiger partial charge in [-0.25, -0.2) is 0 Å².